The van der Waals surface area contributed by atoms with Crippen molar-refractivity contribution in [2.75, 3.05) is 13.2 Å². The Hall–Kier alpha value is -1.83. The molecule has 0 aliphatic rings. The Bertz CT molecular complexity index is 496. The lowest BCUT2D eigenvalue weighted by Gasteiger charge is -2.07. The first-order valence-electron chi connectivity index (χ1n) is 7.50. The number of aliphatic hydroxyl groups excluding tert-OH is 1. The molecule has 3 heteroatoms. The van der Waals surface area contributed by atoms with E-state index in [1.54, 1.807) is 0 Å². The van der Waals surface area contributed by atoms with Crippen LogP contribution in [0.3, 0.4) is 0 Å². The number of rotatable bonds is 8. The zero-order valence-corrected chi connectivity index (χ0v) is 12.9. The molecular formula is C18H24O3. The molecular weight excluding hydrogens is 264 g/mol. The molecule has 114 valence electrons. The summed E-state index contributed by atoms with van der Waals surface area (Å²) in [4.78, 5) is 11.4. The van der Waals surface area contributed by atoms with E-state index >= 15 is 0 Å². The second-order valence-corrected chi connectivity index (χ2v) is 4.89. The summed E-state index contributed by atoms with van der Waals surface area (Å²) in [6, 6.07) is 9.97. The Morgan fingerprint density at radius 3 is 2.38 bits per heavy atom. The fraction of sp³-hybridized carbons (Fsp3) is 0.444. The van der Waals surface area contributed by atoms with Gasteiger partial charge in [0.05, 0.1) is 6.61 Å². The Morgan fingerprint density at radius 2 is 1.81 bits per heavy atom. The fourth-order valence-electron chi connectivity index (χ4n) is 1.95. The highest BCUT2D eigenvalue weighted by Crippen LogP contribution is 2.19. The van der Waals surface area contributed by atoms with Crippen molar-refractivity contribution in [3.05, 3.63) is 47.2 Å². The van der Waals surface area contributed by atoms with Crippen LogP contribution in [0.1, 0.15) is 45.1 Å². The van der Waals surface area contributed by atoms with Crippen LogP contribution in [0.2, 0.25) is 0 Å². The van der Waals surface area contributed by atoms with E-state index in [2.05, 4.69) is 12.7 Å². The molecule has 1 aromatic rings. The average molecular weight is 288 g/mol. The van der Waals surface area contributed by atoms with Crippen LogP contribution in [0.5, 0.6) is 0 Å². The van der Waals surface area contributed by atoms with Crippen LogP contribution in [-0.2, 0) is 9.53 Å². The molecule has 0 saturated heterocycles. The summed E-state index contributed by atoms with van der Waals surface area (Å²) in [7, 11) is 0. The molecule has 0 fully saturated rings. The Labute approximate surface area is 127 Å². The maximum Gasteiger partial charge on any atom is 0.306 e. The third-order valence-electron chi connectivity index (χ3n) is 3.00. The number of aliphatic hydroxyl groups is 1. The Morgan fingerprint density at radius 1 is 1.14 bits per heavy atom. The lowest BCUT2D eigenvalue weighted by molar-refractivity contribution is -0.142. The summed E-state index contributed by atoms with van der Waals surface area (Å²) in [6.45, 7) is 3.98. The molecule has 3 nitrogen and oxygen atoms in total. The normalized spacial score (nSPS) is 9.86. The SMILES string of the molecule is CCCC(=O)OCC(=C=C(CCC)c1ccccc1)CO. The molecule has 0 amide bonds. The summed E-state index contributed by atoms with van der Waals surface area (Å²) in [5, 5.41) is 9.43. The van der Waals surface area contributed by atoms with Crippen molar-refractivity contribution in [1.29, 1.82) is 0 Å². The van der Waals surface area contributed by atoms with Gasteiger partial charge in [0.1, 0.15) is 6.61 Å². The van der Waals surface area contributed by atoms with E-state index in [9.17, 15) is 9.90 Å². The van der Waals surface area contributed by atoms with Crippen molar-refractivity contribution in [3.63, 3.8) is 0 Å². The van der Waals surface area contributed by atoms with Crippen molar-refractivity contribution >= 4 is 11.5 Å². The summed E-state index contributed by atoms with van der Waals surface area (Å²) in [5.41, 5.74) is 5.95. The van der Waals surface area contributed by atoms with Crippen LogP contribution in [0.25, 0.3) is 5.57 Å². The maximum atomic E-state index is 11.4. The van der Waals surface area contributed by atoms with Gasteiger partial charge in [-0.1, -0.05) is 50.6 Å². The van der Waals surface area contributed by atoms with Gasteiger partial charge in [0.25, 0.3) is 0 Å². The molecule has 1 rings (SSSR count). The first-order valence-corrected chi connectivity index (χ1v) is 7.50. The summed E-state index contributed by atoms with van der Waals surface area (Å²) in [6.07, 6.45) is 3.03. The molecule has 0 spiro atoms. The van der Waals surface area contributed by atoms with Crippen LogP contribution in [0, 0.1) is 0 Å². The highest BCUT2D eigenvalue weighted by Gasteiger charge is 2.05. The topological polar surface area (TPSA) is 46.5 Å². The van der Waals surface area contributed by atoms with Crippen molar-refractivity contribution < 1.29 is 14.6 Å². The molecule has 1 aromatic carbocycles. The van der Waals surface area contributed by atoms with Gasteiger partial charge >= 0.3 is 5.97 Å². The quantitative estimate of drug-likeness (QED) is 0.585. The molecule has 21 heavy (non-hydrogen) atoms. The zero-order chi connectivity index (χ0) is 15.5. The van der Waals surface area contributed by atoms with E-state index in [1.165, 1.54) is 0 Å². The standard InChI is InChI=1S/C18H24O3/c1-3-8-17(16-10-6-5-7-11-16)12-15(13-19)14-21-18(20)9-4-2/h5-7,10-11,19H,3-4,8-9,13-14H2,1-2H3. The van der Waals surface area contributed by atoms with Crippen molar-refractivity contribution in [2.24, 2.45) is 0 Å². The smallest absolute Gasteiger partial charge is 0.306 e. The molecule has 0 aliphatic carbocycles. The first-order chi connectivity index (χ1) is 10.2. The Kier molecular flexibility index (Phi) is 8.18. The van der Waals surface area contributed by atoms with E-state index in [0.29, 0.717) is 12.0 Å². The van der Waals surface area contributed by atoms with E-state index in [4.69, 9.17) is 4.74 Å². The van der Waals surface area contributed by atoms with E-state index < -0.39 is 0 Å². The third kappa shape index (κ3) is 6.44. The van der Waals surface area contributed by atoms with Gasteiger partial charge in [0.2, 0.25) is 0 Å². The minimum absolute atomic E-state index is 0.107. The number of carbonyl (C=O) groups is 1. The lowest BCUT2D eigenvalue weighted by atomic mass is 10.0. The molecule has 1 N–H and O–H groups in total. The van der Waals surface area contributed by atoms with Crippen molar-refractivity contribution in [2.45, 2.75) is 39.5 Å². The maximum absolute atomic E-state index is 11.4. The van der Waals surface area contributed by atoms with Gasteiger partial charge < -0.3 is 9.84 Å². The predicted octanol–water partition coefficient (Wildman–Crippen LogP) is 3.73. The minimum atomic E-state index is -0.234. The van der Waals surface area contributed by atoms with Crippen LogP contribution in [0.4, 0.5) is 0 Å². The number of ether oxygens (including phenoxy) is 1. The summed E-state index contributed by atoms with van der Waals surface area (Å²) < 4.78 is 5.14. The molecule has 0 bridgehead atoms. The monoisotopic (exact) mass is 288 g/mol. The second-order valence-electron chi connectivity index (χ2n) is 4.89. The van der Waals surface area contributed by atoms with E-state index in [-0.39, 0.29) is 19.2 Å². The van der Waals surface area contributed by atoms with Gasteiger partial charge in [-0.05, 0) is 18.4 Å². The van der Waals surface area contributed by atoms with Gasteiger partial charge in [-0.2, -0.15) is 0 Å². The molecule has 0 atom stereocenters. The van der Waals surface area contributed by atoms with Crippen LogP contribution in [0.15, 0.2) is 41.6 Å². The first kappa shape index (κ1) is 17.2. The average Bonchev–Trinajstić information content (AvgIpc) is 2.51. The van der Waals surface area contributed by atoms with Gasteiger partial charge in [0.15, 0.2) is 0 Å². The van der Waals surface area contributed by atoms with Gasteiger partial charge in [-0.3, -0.25) is 4.79 Å². The van der Waals surface area contributed by atoms with E-state index in [0.717, 1.165) is 30.4 Å². The fourth-order valence-corrected chi connectivity index (χ4v) is 1.95. The third-order valence-corrected chi connectivity index (χ3v) is 3.00. The lowest BCUT2D eigenvalue weighted by Crippen LogP contribution is -2.08. The predicted molar refractivity (Wildman–Crippen MR) is 84.7 cm³/mol. The van der Waals surface area contributed by atoms with E-state index in [1.807, 2.05) is 37.3 Å². The van der Waals surface area contributed by atoms with Crippen molar-refractivity contribution in [1.82, 2.24) is 0 Å². The molecule has 0 heterocycles. The van der Waals surface area contributed by atoms with Gasteiger partial charge in [0, 0.05) is 17.6 Å². The zero-order valence-electron chi connectivity index (χ0n) is 12.9. The van der Waals surface area contributed by atoms with Gasteiger partial charge in [-0.15, -0.1) is 5.73 Å². The number of hydrogen-bond acceptors (Lipinski definition) is 3. The molecule has 0 aromatic heterocycles. The molecule has 0 aliphatic heterocycles. The number of benzene rings is 1. The number of hydrogen-bond donors (Lipinski definition) is 1. The highest BCUT2D eigenvalue weighted by molar-refractivity contribution is 5.69. The Balaban J connectivity index is 2.94. The van der Waals surface area contributed by atoms with Crippen LogP contribution in [-0.4, -0.2) is 24.3 Å². The summed E-state index contributed by atoms with van der Waals surface area (Å²) in [5.74, 6) is -0.234. The van der Waals surface area contributed by atoms with Crippen LogP contribution < -0.4 is 0 Å². The largest absolute Gasteiger partial charge is 0.460 e. The second kappa shape index (κ2) is 9.98. The summed E-state index contributed by atoms with van der Waals surface area (Å²) >= 11 is 0. The minimum Gasteiger partial charge on any atom is -0.460 e. The number of esters is 1. The van der Waals surface area contributed by atoms with Crippen molar-refractivity contribution in [3.8, 4) is 0 Å². The highest BCUT2D eigenvalue weighted by atomic mass is 16.5. The number of carbonyl (C=O) groups excluding carboxylic acids is 1. The van der Waals surface area contributed by atoms with Crippen LogP contribution >= 0.6 is 0 Å². The molecule has 0 unspecified atom stereocenters. The van der Waals surface area contributed by atoms with Gasteiger partial charge in [-0.25, -0.2) is 0 Å². The molecule has 0 saturated carbocycles. The molecule has 0 radical (unpaired) electrons.